The average Bonchev–Trinajstić information content (AvgIpc) is 3.30. The molecule has 2 fully saturated rings. The number of piperazine rings is 1. The van der Waals surface area contributed by atoms with Crippen LogP contribution in [0.3, 0.4) is 0 Å². The minimum atomic E-state index is -0.191. The molecule has 2 saturated heterocycles. The van der Waals surface area contributed by atoms with Gasteiger partial charge in [-0.25, -0.2) is 4.79 Å². The molecule has 1 atom stereocenters. The number of thiophene rings is 1. The first-order valence-corrected chi connectivity index (χ1v) is 9.66. The van der Waals surface area contributed by atoms with Crippen LogP contribution in [0.4, 0.5) is 16.2 Å². The summed E-state index contributed by atoms with van der Waals surface area (Å²) in [5.41, 5.74) is 1.56. The van der Waals surface area contributed by atoms with Gasteiger partial charge in [0.2, 0.25) is 5.91 Å². The second-order valence-corrected chi connectivity index (χ2v) is 7.79. The molecule has 4 rings (SSSR count). The van der Waals surface area contributed by atoms with E-state index in [1.807, 2.05) is 64.0 Å². The Hall–Kier alpha value is -2.38. The fraction of sp³-hybridized carbons (Fsp3) is 0.368. The number of likely N-dealkylation sites (N-methyl/N-ethyl adjacent to an activating group) is 1. The minimum Gasteiger partial charge on any atom is -0.323 e. The highest BCUT2D eigenvalue weighted by Gasteiger charge is 2.48. The number of likely N-dealkylation sites (tertiary alicyclic amines) is 1. The summed E-state index contributed by atoms with van der Waals surface area (Å²) < 4.78 is 0. The maximum atomic E-state index is 12.6. The van der Waals surface area contributed by atoms with E-state index in [-0.39, 0.29) is 17.5 Å². The third-order valence-corrected chi connectivity index (χ3v) is 6.07. The highest BCUT2D eigenvalue weighted by molar-refractivity contribution is 7.08. The Balaban J connectivity index is 1.48. The van der Waals surface area contributed by atoms with Crippen LogP contribution in [0.15, 0.2) is 47.2 Å². The topological polar surface area (TPSA) is 55.9 Å². The van der Waals surface area contributed by atoms with Gasteiger partial charge >= 0.3 is 6.03 Å². The molecule has 6 nitrogen and oxygen atoms in total. The zero-order valence-electron chi connectivity index (χ0n) is 14.7. The number of amides is 3. The lowest BCUT2D eigenvalue weighted by Crippen LogP contribution is -2.64. The number of rotatable bonds is 2. The Bertz CT molecular complexity index is 795. The molecule has 3 heterocycles. The van der Waals surface area contributed by atoms with Gasteiger partial charge in [0, 0.05) is 30.7 Å². The molecule has 2 aromatic rings. The number of benzene rings is 1. The van der Waals surface area contributed by atoms with Crippen molar-refractivity contribution in [2.75, 3.05) is 43.4 Å². The van der Waals surface area contributed by atoms with Crippen molar-refractivity contribution in [2.45, 2.75) is 12.0 Å². The molecule has 7 heteroatoms. The number of para-hydroxylation sites is 1. The van der Waals surface area contributed by atoms with Crippen LogP contribution in [0, 0.1) is 0 Å². The monoisotopic (exact) mass is 370 g/mol. The van der Waals surface area contributed by atoms with Crippen molar-refractivity contribution in [3.63, 3.8) is 0 Å². The van der Waals surface area contributed by atoms with E-state index in [0.29, 0.717) is 26.2 Å². The van der Waals surface area contributed by atoms with Gasteiger partial charge in [0.05, 0.1) is 17.8 Å². The van der Waals surface area contributed by atoms with Crippen molar-refractivity contribution in [3.8, 4) is 0 Å². The van der Waals surface area contributed by atoms with Crippen molar-refractivity contribution in [3.05, 3.63) is 47.2 Å². The van der Waals surface area contributed by atoms with E-state index >= 15 is 0 Å². The second-order valence-electron chi connectivity index (χ2n) is 7.01. The zero-order chi connectivity index (χ0) is 18.1. The molecular formula is C19H22N4O2S. The van der Waals surface area contributed by atoms with Crippen LogP contribution in [0.2, 0.25) is 0 Å². The van der Waals surface area contributed by atoms with Crippen LogP contribution >= 0.6 is 11.3 Å². The maximum Gasteiger partial charge on any atom is 0.321 e. The van der Waals surface area contributed by atoms with Crippen molar-refractivity contribution in [1.82, 2.24) is 9.80 Å². The van der Waals surface area contributed by atoms with Crippen molar-refractivity contribution in [1.29, 1.82) is 0 Å². The number of carbonyl (C=O) groups excluding carboxylic acids is 2. The predicted octanol–water partition coefficient (Wildman–Crippen LogP) is 2.70. The third-order valence-electron chi connectivity index (χ3n) is 5.40. The van der Waals surface area contributed by atoms with E-state index < -0.39 is 0 Å². The Labute approximate surface area is 157 Å². The number of urea groups is 1. The summed E-state index contributed by atoms with van der Waals surface area (Å²) in [5, 5.41) is 6.95. The SMILES string of the molecule is CN1CC(=O)N(c2ccsc2)C[C@]12CCN(C(=O)Nc1ccccc1)C2. The van der Waals surface area contributed by atoms with Gasteiger partial charge in [-0.05, 0) is 37.0 Å². The van der Waals surface area contributed by atoms with Gasteiger partial charge in [-0.15, -0.1) is 0 Å². The fourth-order valence-electron chi connectivity index (χ4n) is 3.80. The minimum absolute atomic E-state index is 0.0829. The first-order chi connectivity index (χ1) is 12.6. The third kappa shape index (κ3) is 3.08. The zero-order valence-corrected chi connectivity index (χ0v) is 15.5. The van der Waals surface area contributed by atoms with Crippen molar-refractivity contribution >= 4 is 34.6 Å². The molecule has 0 bridgehead atoms. The Morgan fingerprint density at radius 3 is 2.73 bits per heavy atom. The number of anilines is 2. The number of nitrogens with one attached hydrogen (secondary N) is 1. The molecule has 136 valence electrons. The van der Waals surface area contributed by atoms with Crippen LogP contribution in [-0.2, 0) is 4.79 Å². The molecule has 1 N–H and O–H groups in total. The molecule has 26 heavy (non-hydrogen) atoms. The normalized spacial score (nSPS) is 23.7. The molecule has 3 amide bonds. The van der Waals surface area contributed by atoms with Crippen molar-refractivity contribution in [2.24, 2.45) is 0 Å². The lowest BCUT2D eigenvalue weighted by Gasteiger charge is -2.46. The summed E-state index contributed by atoms with van der Waals surface area (Å²) in [6.07, 6.45) is 0.861. The lowest BCUT2D eigenvalue weighted by molar-refractivity contribution is -0.123. The molecule has 2 aliphatic heterocycles. The van der Waals surface area contributed by atoms with Gasteiger partial charge in [0.15, 0.2) is 0 Å². The van der Waals surface area contributed by atoms with E-state index in [4.69, 9.17) is 0 Å². The maximum absolute atomic E-state index is 12.6. The Kier molecular flexibility index (Phi) is 4.42. The molecule has 0 radical (unpaired) electrons. The van der Waals surface area contributed by atoms with E-state index in [9.17, 15) is 9.59 Å². The molecule has 1 aromatic heterocycles. The highest BCUT2D eigenvalue weighted by atomic mass is 32.1. The average molecular weight is 370 g/mol. The quantitative estimate of drug-likeness (QED) is 0.884. The summed E-state index contributed by atoms with van der Waals surface area (Å²) in [6.45, 7) is 2.31. The van der Waals surface area contributed by atoms with Gasteiger partial charge < -0.3 is 15.1 Å². The Morgan fingerprint density at radius 1 is 1.19 bits per heavy atom. The summed E-state index contributed by atoms with van der Waals surface area (Å²) in [6, 6.07) is 11.4. The summed E-state index contributed by atoms with van der Waals surface area (Å²) in [7, 11) is 1.99. The molecule has 0 aliphatic carbocycles. The van der Waals surface area contributed by atoms with Crippen LogP contribution in [0.25, 0.3) is 0 Å². The number of nitrogens with zero attached hydrogens (tertiary/aromatic N) is 3. The predicted molar refractivity (Wildman–Crippen MR) is 104 cm³/mol. The van der Waals surface area contributed by atoms with E-state index in [1.165, 1.54) is 0 Å². The molecule has 1 aromatic carbocycles. The van der Waals surface area contributed by atoms with Gasteiger partial charge in [-0.2, -0.15) is 11.3 Å². The summed E-state index contributed by atoms with van der Waals surface area (Å²) >= 11 is 1.59. The van der Waals surface area contributed by atoms with Gasteiger partial charge in [0.1, 0.15) is 0 Å². The van der Waals surface area contributed by atoms with E-state index in [2.05, 4.69) is 10.2 Å². The fourth-order valence-corrected chi connectivity index (χ4v) is 4.44. The molecule has 2 aliphatic rings. The molecule has 0 unspecified atom stereocenters. The first-order valence-electron chi connectivity index (χ1n) is 8.72. The van der Waals surface area contributed by atoms with E-state index in [1.54, 1.807) is 11.3 Å². The van der Waals surface area contributed by atoms with Crippen LogP contribution in [0.1, 0.15) is 6.42 Å². The standard InChI is InChI=1S/C19H22N4O2S/c1-21-11-17(24)23(16-7-10-26-12-16)14-19(21)8-9-22(13-19)18(25)20-15-5-3-2-4-6-15/h2-7,10,12H,8-9,11,13-14H2,1H3,(H,20,25)/t19-/m1/s1. The Morgan fingerprint density at radius 2 is 2.00 bits per heavy atom. The van der Waals surface area contributed by atoms with Gasteiger partial charge in [0.25, 0.3) is 0 Å². The summed E-state index contributed by atoms with van der Waals surface area (Å²) in [5.74, 6) is 0.115. The first kappa shape index (κ1) is 17.1. The number of carbonyl (C=O) groups is 2. The van der Waals surface area contributed by atoms with Crippen LogP contribution in [0.5, 0.6) is 0 Å². The molecule has 0 saturated carbocycles. The van der Waals surface area contributed by atoms with E-state index in [0.717, 1.165) is 17.8 Å². The molecular weight excluding hydrogens is 348 g/mol. The smallest absolute Gasteiger partial charge is 0.321 e. The van der Waals surface area contributed by atoms with Crippen LogP contribution in [-0.4, -0.2) is 60.5 Å². The number of hydrogen-bond donors (Lipinski definition) is 1. The molecule has 1 spiro atoms. The number of hydrogen-bond acceptors (Lipinski definition) is 4. The summed E-state index contributed by atoms with van der Waals surface area (Å²) in [4.78, 5) is 31.0. The second kappa shape index (κ2) is 6.74. The largest absolute Gasteiger partial charge is 0.323 e. The highest BCUT2D eigenvalue weighted by Crippen LogP contribution is 2.34. The van der Waals surface area contributed by atoms with Gasteiger partial charge in [-0.3, -0.25) is 9.69 Å². The van der Waals surface area contributed by atoms with Crippen molar-refractivity contribution < 1.29 is 9.59 Å². The van der Waals surface area contributed by atoms with Crippen LogP contribution < -0.4 is 10.2 Å². The van der Waals surface area contributed by atoms with Gasteiger partial charge in [-0.1, -0.05) is 18.2 Å². The lowest BCUT2D eigenvalue weighted by atomic mass is 9.93.